The first-order valence-electron chi connectivity index (χ1n) is 10.6. The number of nitrogens with zero attached hydrogens (tertiary/aromatic N) is 1. The van der Waals surface area contributed by atoms with Gasteiger partial charge >= 0.3 is 0 Å². The van der Waals surface area contributed by atoms with E-state index in [4.69, 9.17) is 4.74 Å². The van der Waals surface area contributed by atoms with Crippen molar-refractivity contribution in [2.45, 2.75) is 25.7 Å². The van der Waals surface area contributed by atoms with Gasteiger partial charge in [0.05, 0.1) is 18.9 Å². The molecule has 164 valence electrons. The minimum atomic E-state index is -0.726. The summed E-state index contributed by atoms with van der Waals surface area (Å²) in [5.41, 5.74) is 2.23. The fourth-order valence-corrected chi connectivity index (χ4v) is 5.87. The van der Waals surface area contributed by atoms with Crippen molar-refractivity contribution >= 4 is 23.4 Å². The number of allylic oxidation sites excluding steroid dienone is 6. The standard InChI is InChI=1S/C25H23NO6/c1-11-9-17(28)20-15(23(11)29)10-14-12(7-8-13-19(14)25(31)26(2)24(13)30)21(20)22-16(27)5-4-6-18(22)32-3/h4-7,9,13-14,19,21,27H,8,10H2,1-3H3. The number of fused-ring (bicyclic) bond motifs is 3. The lowest BCUT2D eigenvalue weighted by molar-refractivity contribution is -0.138. The van der Waals surface area contributed by atoms with E-state index in [0.29, 0.717) is 34.5 Å². The van der Waals surface area contributed by atoms with Crippen molar-refractivity contribution in [3.8, 4) is 11.5 Å². The molecule has 4 unspecified atom stereocenters. The van der Waals surface area contributed by atoms with Gasteiger partial charge in [-0.2, -0.15) is 0 Å². The molecule has 1 aromatic rings. The van der Waals surface area contributed by atoms with Crippen molar-refractivity contribution in [3.05, 3.63) is 58.2 Å². The monoisotopic (exact) mass is 433 g/mol. The number of carbonyl (C=O) groups excluding carboxylic acids is 4. The van der Waals surface area contributed by atoms with Gasteiger partial charge in [-0.25, -0.2) is 0 Å². The Morgan fingerprint density at radius 3 is 2.56 bits per heavy atom. The van der Waals surface area contributed by atoms with Gasteiger partial charge in [-0.05, 0) is 43.9 Å². The summed E-state index contributed by atoms with van der Waals surface area (Å²) in [4.78, 5) is 53.2. The zero-order valence-electron chi connectivity index (χ0n) is 18.0. The Hall–Kier alpha value is -3.48. The van der Waals surface area contributed by atoms with E-state index in [1.165, 1.54) is 31.2 Å². The number of phenols is 1. The minimum absolute atomic E-state index is 0.0534. The van der Waals surface area contributed by atoms with Crippen LogP contribution < -0.4 is 4.74 Å². The summed E-state index contributed by atoms with van der Waals surface area (Å²) < 4.78 is 5.51. The molecule has 2 amide bonds. The van der Waals surface area contributed by atoms with Crippen molar-refractivity contribution in [3.63, 3.8) is 0 Å². The van der Waals surface area contributed by atoms with Gasteiger partial charge < -0.3 is 9.84 Å². The number of rotatable bonds is 2. The van der Waals surface area contributed by atoms with E-state index < -0.39 is 23.7 Å². The molecule has 1 heterocycles. The van der Waals surface area contributed by atoms with E-state index in [-0.39, 0.29) is 35.6 Å². The molecule has 1 aliphatic heterocycles. The molecule has 5 rings (SSSR count). The molecular weight excluding hydrogens is 410 g/mol. The van der Waals surface area contributed by atoms with Crippen molar-refractivity contribution in [2.24, 2.45) is 17.8 Å². The molecule has 32 heavy (non-hydrogen) atoms. The summed E-state index contributed by atoms with van der Waals surface area (Å²) >= 11 is 0. The number of ketones is 2. The highest BCUT2D eigenvalue weighted by Gasteiger charge is 2.55. The molecular formula is C25H23NO6. The Bertz CT molecular complexity index is 1200. The van der Waals surface area contributed by atoms with E-state index in [9.17, 15) is 24.3 Å². The molecule has 0 bridgehead atoms. The van der Waals surface area contributed by atoms with Crippen LogP contribution in [0.3, 0.4) is 0 Å². The Kier molecular flexibility index (Phi) is 4.48. The molecule has 7 heteroatoms. The van der Waals surface area contributed by atoms with Crippen LogP contribution in [-0.4, -0.2) is 47.5 Å². The Morgan fingerprint density at radius 1 is 1.09 bits per heavy atom. The quantitative estimate of drug-likeness (QED) is 0.437. The van der Waals surface area contributed by atoms with Crippen molar-refractivity contribution < 1.29 is 29.0 Å². The second-order valence-electron chi connectivity index (χ2n) is 8.86. The van der Waals surface area contributed by atoms with Crippen LogP contribution in [0.15, 0.2) is 52.6 Å². The van der Waals surface area contributed by atoms with Crippen LogP contribution in [0.25, 0.3) is 0 Å². The number of imide groups is 1. The average molecular weight is 433 g/mol. The van der Waals surface area contributed by atoms with Crippen molar-refractivity contribution in [1.82, 2.24) is 4.90 Å². The van der Waals surface area contributed by atoms with E-state index in [1.807, 2.05) is 6.08 Å². The van der Waals surface area contributed by atoms with Gasteiger partial charge in [0.2, 0.25) is 11.8 Å². The summed E-state index contributed by atoms with van der Waals surface area (Å²) in [5, 5.41) is 10.8. The Labute approximate surface area is 185 Å². The highest BCUT2D eigenvalue weighted by Crippen LogP contribution is 2.57. The fraction of sp³-hybridized carbons (Fsp3) is 0.360. The number of benzene rings is 1. The number of aromatic hydroxyl groups is 1. The Balaban J connectivity index is 1.77. The second kappa shape index (κ2) is 7.02. The number of ether oxygens (including phenoxy) is 1. The number of hydrogen-bond donors (Lipinski definition) is 1. The molecule has 3 aliphatic carbocycles. The number of amides is 2. The molecule has 0 spiro atoms. The molecule has 4 atom stereocenters. The number of methoxy groups -OCH3 is 1. The van der Waals surface area contributed by atoms with Gasteiger partial charge in [-0.15, -0.1) is 0 Å². The zero-order valence-corrected chi connectivity index (χ0v) is 18.0. The normalized spacial score (nSPS) is 29.4. The first-order chi connectivity index (χ1) is 15.3. The van der Waals surface area contributed by atoms with Crippen LogP contribution in [0.2, 0.25) is 0 Å². The molecule has 1 aromatic carbocycles. The lowest BCUT2D eigenvalue weighted by atomic mass is 9.59. The van der Waals surface area contributed by atoms with Crippen LogP contribution in [-0.2, 0) is 19.2 Å². The molecule has 1 N–H and O–H groups in total. The smallest absolute Gasteiger partial charge is 0.233 e. The van der Waals surface area contributed by atoms with Gasteiger partial charge in [0.15, 0.2) is 11.6 Å². The molecule has 0 aromatic heterocycles. The molecule has 0 radical (unpaired) electrons. The SMILES string of the molecule is COc1cccc(O)c1C1C2=CCC3C(=O)N(C)C(=O)C3C2CC2=C1C(=O)C=C(C)C2=O. The number of Topliss-reactive ketones (excluding diaryl/α,β-unsaturated/α-hetero) is 1. The predicted octanol–water partition coefficient (Wildman–Crippen LogP) is 2.46. The third-order valence-corrected chi connectivity index (χ3v) is 7.33. The van der Waals surface area contributed by atoms with Crippen LogP contribution in [0.1, 0.15) is 31.2 Å². The molecule has 0 saturated carbocycles. The number of phenolic OH excluding ortho intramolecular Hbond substituents is 1. The van der Waals surface area contributed by atoms with E-state index in [0.717, 1.165) is 5.57 Å². The lowest BCUT2D eigenvalue weighted by Gasteiger charge is -2.42. The second-order valence-corrected chi connectivity index (χ2v) is 8.86. The molecule has 1 saturated heterocycles. The van der Waals surface area contributed by atoms with Crippen molar-refractivity contribution in [1.29, 1.82) is 0 Å². The van der Waals surface area contributed by atoms with Gasteiger partial charge in [0.1, 0.15) is 11.5 Å². The number of likely N-dealkylation sites (tertiary alicyclic amines) is 1. The maximum atomic E-state index is 13.2. The first kappa shape index (κ1) is 20.4. The zero-order chi connectivity index (χ0) is 22.9. The van der Waals surface area contributed by atoms with Crippen molar-refractivity contribution in [2.75, 3.05) is 14.2 Å². The summed E-state index contributed by atoms with van der Waals surface area (Å²) in [6.07, 6.45) is 3.85. The van der Waals surface area contributed by atoms with Gasteiger partial charge in [0, 0.05) is 35.2 Å². The Morgan fingerprint density at radius 2 is 1.84 bits per heavy atom. The topological polar surface area (TPSA) is 101 Å². The predicted molar refractivity (Wildman–Crippen MR) is 114 cm³/mol. The third kappa shape index (κ3) is 2.60. The summed E-state index contributed by atoms with van der Waals surface area (Å²) in [6.45, 7) is 1.60. The van der Waals surface area contributed by atoms with Crippen LogP contribution in [0.4, 0.5) is 0 Å². The maximum Gasteiger partial charge on any atom is 0.233 e. The van der Waals surface area contributed by atoms with Gasteiger partial charge in [-0.1, -0.05) is 17.7 Å². The van der Waals surface area contributed by atoms with Crippen LogP contribution in [0.5, 0.6) is 11.5 Å². The molecule has 4 aliphatic rings. The highest BCUT2D eigenvalue weighted by molar-refractivity contribution is 6.23. The lowest BCUT2D eigenvalue weighted by Crippen LogP contribution is -2.39. The van der Waals surface area contributed by atoms with E-state index in [1.54, 1.807) is 19.1 Å². The van der Waals surface area contributed by atoms with Crippen LogP contribution >= 0.6 is 0 Å². The molecule has 1 fully saturated rings. The largest absolute Gasteiger partial charge is 0.507 e. The van der Waals surface area contributed by atoms with E-state index in [2.05, 4.69) is 0 Å². The summed E-state index contributed by atoms with van der Waals surface area (Å²) in [5.74, 6) is -2.84. The first-order valence-corrected chi connectivity index (χ1v) is 10.6. The summed E-state index contributed by atoms with van der Waals surface area (Å²) in [6, 6.07) is 4.85. The van der Waals surface area contributed by atoms with Gasteiger partial charge in [-0.3, -0.25) is 24.1 Å². The number of hydrogen-bond acceptors (Lipinski definition) is 6. The number of carbonyl (C=O) groups is 4. The minimum Gasteiger partial charge on any atom is -0.507 e. The maximum absolute atomic E-state index is 13.2. The molecule has 7 nitrogen and oxygen atoms in total. The summed E-state index contributed by atoms with van der Waals surface area (Å²) in [7, 11) is 2.97. The average Bonchev–Trinajstić information content (AvgIpc) is 3.00. The fourth-order valence-electron chi connectivity index (χ4n) is 5.87. The van der Waals surface area contributed by atoms with E-state index >= 15 is 0 Å². The highest BCUT2D eigenvalue weighted by atomic mass is 16.5. The third-order valence-electron chi connectivity index (χ3n) is 7.33. The van der Waals surface area contributed by atoms with Crippen LogP contribution in [0, 0.1) is 17.8 Å². The van der Waals surface area contributed by atoms with Gasteiger partial charge in [0.25, 0.3) is 0 Å².